The fourth-order valence-corrected chi connectivity index (χ4v) is 2.54. The van der Waals surface area contributed by atoms with Crippen LogP contribution in [0, 0.1) is 0 Å². The number of hydrogen-bond acceptors (Lipinski definition) is 2. The van der Waals surface area contributed by atoms with Crippen LogP contribution in [0.4, 0.5) is 0 Å². The van der Waals surface area contributed by atoms with Gasteiger partial charge in [0.15, 0.2) is 0 Å². The number of fused-ring (bicyclic) bond motifs is 1. The highest BCUT2D eigenvalue weighted by molar-refractivity contribution is 6.33. The van der Waals surface area contributed by atoms with E-state index in [2.05, 4.69) is 6.07 Å². The summed E-state index contributed by atoms with van der Waals surface area (Å²) in [4.78, 5) is 0. The molecule has 3 aromatic carbocycles. The van der Waals surface area contributed by atoms with Crippen molar-refractivity contribution in [1.29, 1.82) is 0 Å². The summed E-state index contributed by atoms with van der Waals surface area (Å²) in [6.45, 7) is 0. The molecule has 0 radical (unpaired) electrons. The molecule has 3 heteroatoms. The molecule has 0 fully saturated rings. The van der Waals surface area contributed by atoms with E-state index in [0.717, 1.165) is 27.6 Å². The van der Waals surface area contributed by atoms with Crippen LogP contribution >= 0.6 is 11.6 Å². The second-order valence-corrected chi connectivity index (χ2v) is 5.00. The van der Waals surface area contributed by atoms with Crippen LogP contribution in [0.1, 0.15) is 0 Å². The molecule has 0 unspecified atom stereocenters. The normalized spacial score (nSPS) is 10.7. The van der Waals surface area contributed by atoms with Gasteiger partial charge in [-0.15, -0.1) is 0 Å². The summed E-state index contributed by atoms with van der Waals surface area (Å²) in [7, 11) is 1.66. The summed E-state index contributed by atoms with van der Waals surface area (Å²) in [5, 5.41) is 12.2. The SMILES string of the molecule is COc1ccc2cc(-c3ccc(O)cc3Cl)ccc2c1. The van der Waals surface area contributed by atoms with Gasteiger partial charge in [0.2, 0.25) is 0 Å². The van der Waals surface area contributed by atoms with Gasteiger partial charge < -0.3 is 9.84 Å². The molecule has 20 heavy (non-hydrogen) atoms. The maximum absolute atomic E-state index is 9.42. The zero-order valence-corrected chi connectivity index (χ0v) is 11.7. The van der Waals surface area contributed by atoms with Crippen molar-refractivity contribution < 1.29 is 9.84 Å². The van der Waals surface area contributed by atoms with Crippen molar-refractivity contribution in [2.24, 2.45) is 0 Å². The highest BCUT2D eigenvalue weighted by Gasteiger charge is 2.06. The monoisotopic (exact) mass is 284 g/mol. The molecule has 0 saturated carbocycles. The molecule has 2 nitrogen and oxygen atoms in total. The van der Waals surface area contributed by atoms with Crippen LogP contribution in [0.2, 0.25) is 5.02 Å². The van der Waals surface area contributed by atoms with Gasteiger partial charge in [-0.05, 0) is 52.7 Å². The van der Waals surface area contributed by atoms with Crippen molar-refractivity contribution in [2.75, 3.05) is 7.11 Å². The first-order valence-electron chi connectivity index (χ1n) is 6.24. The smallest absolute Gasteiger partial charge is 0.119 e. The molecule has 0 heterocycles. The van der Waals surface area contributed by atoms with Gasteiger partial charge in [-0.25, -0.2) is 0 Å². The van der Waals surface area contributed by atoms with Gasteiger partial charge in [0, 0.05) is 5.56 Å². The van der Waals surface area contributed by atoms with Crippen LogP contribution in [0.25, 0.3) is 21.9 Å². The summed E-state index contributed by atoms with van der Waals surface area (Å²) in [5.74, 6) is 1.01. The Kier molecular flexibility index (Phi) is 3.25. The largest absolute Gasteiger partial charge is 0.508 e. The number of aromatic hydroxyl groups is 1. The van der Waals surface area contributed by atoms with Crippen molar-refractivity contribution in [2.45, 2.75) is 0 Å². The van der Waals surface area contributed by atoms with E-state index >= 15 is 0 Å². The molecule has 0 saturated heterocycles. The number of methoxy groups -OCH3 is 1. The predicted molar refractivity (Wildman–Crippen MR) is 82.6 cm³/mol. The lowest BCUT2D eigenvalue weighted by Crippen LogP contribution is -1.84. The molecule has 0 atom stereocenters. The minimum atomic E-state index is 0.171. The van der Waals surface area contributed by atoms with E-state index in [1.807, 2.05) is 36.4 Å². The molecule has 100 valence electrons. The first-order valence-corrected chi connectivity index (χ1v) is 6.62. The van der Waals surface area contributed by atoms with Gasteiger partial charge in [-0.3, -0.25) is 0 Å². The molecule has 3 rings (SSSR count). The third-order valence-electron chi connectivity index (χ3n) is 3.31. The lowest BCUT2D eigenvalue weighted by molar-refractivity contribution is 0.415. The van der Waals surface area contributed by atoms with E-state index in [1.165, 1.54) is 0 Å². The number of rotatable bonds is 2. The molecular weight excluding hydrogens is 272 g/mol. The average Bonchev–Trinajstić information content (AvgIpc) is 2.46. The van der Waals surface area contributed by atoms with Crippen LogP contribution in [-0.2, 0) is 0 Å². The summed E-state index contributed by atoms with van der Waals surface area (Å²) in [5.41, 5.74) is 1.93. The molecule has 0 aliphatic carbocycles. The van der Waals surface area contributed by atoms with E-state index in [9.17, 15) is 5.11 Å². The second-order valence-electron chi connectivity index (χ2n) is 4.59. The lowest BCUT2D eigenvalue weighted by atomic mass is 10.0. The number of benzene rings is 3. The predicted octanol–water partition coefficient (Wildman–Crippen LogP) is 4.87. The quantitative estimate of drug-likeness (QED) is 0.727. The van der Waals surface area contributed by atoms with Crippen molar-refractivity contribution in [1.82, 2.24) is 0 Å². The molecule has 0 bridgehead atoms. The Bertz CT molecular complexity index is 781. The minimum Gasteiger partial charge on any atom is -0.508 e. The van der Waals surface area contributed by atoms with Crippen molar-refractivity contribution >= 4 is 22.4 Å². The maximum Gasteiger partial charge on any atom is 0.119 e. The molecule has 0 aromatic heterocycles. The fourth-order valence-electron chi connectivity index (χ4n) is 2.26. The highest BCUT2D eigenvalue weighted by Crippen LogP contribution is 2.33. The van der Waals surface area contributed by atoms with E-state index in [1.54, 1.807) is 19.2 Å². The Morgan fingerprint density at radius 3 is 2.40 bits per heavy atom. The lowest BCUT2D eigenvalue weighted by Gasteiger charge is -2.08. The molecule has 1 N–H and O–H groups in total. The molecular formula is C17H13ClO2. The fraction of sp³-hybridized carbons (Fsp3) is 0.0588. The number of ether oxygens (including phenoxy) is 1. The molecule has 0 spiro atoms. The van der Waals surface area contributed by atoms with Crippen molar-refractivity contribution in [3.63, 3.8) is 0 Å². The van der Waals surface area contributed by atoms with E-state index in [4.69, 9.17) is 16.3 Å². The third-order valence-corrected chi connectivity index (χ3v) is 3.62. The minimum absolute atomic E-state index is 0.171. The molecule has 0 amide bonds. The number of hydrogen-bond donors (Lipinski definition) is 1. The van der Waals surface area contributed by atoms with E-state index in [-0.39, 0.29) is 5.75 Å². The van der Waals surface area contributed by atoms with Crippen LogP contribution in [0.5, 0.6) is 11.5 Å². The van der Waals surface area contributed by atoms with Gasteiger partial charge in [0.1, 0.15) is 11.5 Å². The first kappa shape index (κ1) is 12.8. The summed E-state index contributed by atoms with van der Waals surface area (Å²) < 4.78 is 5.22. The summed E-state index contributed by atoms with van der Waals surface area (Å²) in [6.07, 6.45) is 0. The zero-order chi connectivity index (χ0) is 14.1. The van der Waals surface area contributed by atoms with Crippen LogP contribution in [0.3, 0.4) is 0 Å². The summed E-state index contributed by atoms with van der Waals surface area (Å²) >= 11 is 6.18. The van der Waals surface area contributed by atoms with Crippen molar-refractivity contribution in [3.05, 3.63) is 59.6 Å². The standard InChI is InChI=1S/C17H13ClO2/c1-20-15-6-4-11-8-13(3-2-12(11)9-15)16-7-5-14(19)10-17(16)18/h2-10,19H,1H3. The average molecular weight is 285 g/mol. The van der Waals surface area contributed by atoms with Crippen LogP contribution in [-0.4, -0.2) is 12.2 Å². The molecule has 0 aliphatic rings. The van der Waals surface area contributed by atoms with Gasteiger partial charge in [-0.2, -0.15) is 0 Å². The maximum atomic E-state index is 9.42. The zero-order valence-electron chi connectivity index (χ0n) is 10.9. The number of phenols is 1. The first-order chi connectivity index (χ1) is 9.67. The van der Waals surface area contributed by atoms with Gasteiger partial charge in [0.05, 0.1) is 12.1 Å². The Balaban J connectivity index is 2.13. The van der Waals surface area contributed by atoms with Crippen LogP contribution < -0.4 is 4.74 Å². The van der Waals surface area contributed by atoms with Crippen LogP contribution in [0.15, 0.2) is 54.6 Å². The topological polar surface area (TPSA) is 29.5 Å². The van der Waals surface area contributed by atoms with E-state index < -0.39 is 0 Å². The molecule has 0 aliphatic heterocycles. The van der Waals surface area contributed by atoms with E-state index in [0.29, 0.717) is 5.02 Å². The third kappa shape index (κ3) is 2.30. The molecule has 3 aromatic rings. The Labute approximate surface area is 122 Å². The van der Waals surface area contributed by atoms with Gasteiger partial charge in [0.25, 0.3) is 0 Å². The number of halogens is 1. The Hall–Kier alpha value is -2.19. The van der Waals surface area contributed by atoms with Gasteiger partial charge >= 0.3 is 0 Å². The summed E-state index contributed by atoms with van der Waals surface area (Å²) in [6, 6.07) is 17.1. The highest BCUT2D eigenvalue weighted by atomic mass is 35.5. The Morgan fingerprint density at radius 2 is 1.65 bits per heavy atom. The van der Waals surface area contributed by atoms with Crippen molar-refractivity contribution in [3.8, 4) is 22.6 Å². The van der Waals surface area contributed by atoms with Gasteiger partial charge in [-0.1, -0.05) is 29.8 Å². The second kappa shape index (κ2) is 5.06. The number of phenolic OH excluding ortho intramolecular Hbond substituents is 1. The Morgan fingerprint density at radius 1 is 0.900 bits per heavy atom.